The predicted octanol–water partition coefficient (Wildman–Crippen LogP) is 2.82. The maximum Gasteiger partial charge on any atom is 0.272 e. The fraction of sp³-hybridized carbons (Fsp3) is 0. The van der Waals surface area contributed by atoms with Crippen LogP contribution in [0.4, 0.5) is 5.69 Å². The molecule has 0 saturated carbocycles. The molecule has 0 unspecified atom stereocenters. The number of hydrogen-bond donors (Lipinski definition) is 2. The molecule has 7 nitrogen and oxygen atoms in total. The topological polar surface area (TPSA) is 111 Å². The van der Waals surface area contributed by atoms with Crippen molar-refractivity contribution in [2.75, 3.05) is 5.32 Å². The molecule has 1 heterocycles. The summed E-state index contributed by atoms with van der Waals surface area (Å²) >= 11 is 3.30. The first-order valence-electron chi connectivity index (χ1n) is 8.37. The van der Waals surface area contributed by atoms with Crippen LogP contribution in [0.25, 0.3) is 6.08 Å². The molecular formula is C21H14BrN2O5-. The molecule has 0 atom stereocenters. The molecule has 0 aliphatic heterocycles. The number of carboxylic acid groups (broad SMARTS) is 1. The molecule has 0 bridgehead atoms. The van der Waals surface area contributed by atoms with E-state index in [9.17, 15) is 19.5 Å². The minimum Gasteiger partial charge on any atom is -0.545 e. The Morgan fingerprint density at radius 3 is 2.17 bits per heavy atom. The highest BCUT2D eigenvalue weighted by Gasteiger charge is 2.16. The van der Waals surface area contributed by atoms with Gasteiger partial charge in [0.25, 0.3) is 11.8 Å². The first-order chi connectivity index (χ1) is 13.9. The van der Waals surface area contributed by atoms with Gasteiger partial charge in [-0.3, -0.25) is 9.59 Å². The Balaban J connectivity index is 1.81. The van der Waals surface area contributed by atoms with Gasteiger partial charge in [0.1, 0.15) is 11.5 Å². The molecule has 8 heteroatoms. The zero-order valence-corrected chi connectivity index (χ0v) is 16.4. The van der Waals surface area contributed by atoms with Crippen LogP contribution in [-0.4, -0.2) is 17.8 Å². The molecule has 2 aromatic carbocycles. The van der Waals surface area contributed by atoms with Crippen LogP contribution in [0.5, 0.6) is 0 Å². The van der Waals surface area contributed by atoms with Gasteiger partial charge in [-0.05, 0) is 54.1 Å². The van der Waals surface area contributed by atoms with Crippen LogP contribution in [-0.2, 0) is 4.79 Å². The highest BCUT2D eigenvalue weighted by molar-refractivity contribution is 9.10. The Kier molecular flexibility index (Phi) is 6.25. The summed E-state index contributed by atoms with van der Waals surface area (Å²) in [5.41, 5.74) is 0.655. The van der Waals surface area contributed by atoms with Crippen molar-refractivity contribution in [1.82, 2.24) is 5.32 Å². The number of carbonyl (C=O) groups excluding carboxylic acids is 3. The summed E-state index contributed by atoms with van der Waals surface area (Å²) in [4.78, 5) is 36.1. The standard InChI is InChI=1S/C21H15BrN2O5/c22-15-7-3-13(4-8-15)19(25)24-18(12-17-2-1-11-29-17)20(26)23-16-9-5-14(6-10-16)21(27)28/h1-12H,(H,23,26)(H,24,25)(H,27,28)/p-1/b18-12-. The van der Waals surface area contributed by atoms with E-state index in [0.29, 0.717) is 17.0 Å². The van der Waals surface area contributed by atoms with Crippen LogP contribution in [0.3, 0.4) is 0 Å². The van der Waals surface area contributed by atoms with Gasteiger partial charge in [-0.2, -0.15) is 0 Å². The number of furan rings is 1. The molecule has 1 aromatic heterocycles. The molecule has 0 aliphatic rings. The molecule has 3 rings (SSSR count). The van der Waals surface area contributed by atoms with Crippen molar-refractivity contribution < 1.29 is 23.9 Å². The summed E-state index contributed by atoms with van der Waals surface area (Å²) in [6, 6.07) is 15.4. The van der Waals surface area contributed by atoms with Crippen molar-refractivity contribution in [3.05, 3.63) is 94.0 Å². The molecule has 0 fully saturated rings. The van der Waals surface area contributed by atoms with Gasteiger partial charge in [0.2, 0.25) is 0 Å². The van der Waals surface area contributed by atoms with Crippen molar-refractivity contribution in [3.63, 3.8) is 0 Å². The van der Waals surface area contributed by atoms with Gasteiger partial charge in [0.15, 0.2) is 0 Å². The smallest absolute Gasteiger partial charge is 0.272 e. The van der Waals surface area contributed by atoms with Crippen LogP contribution in [0.1, 0.15) is 26.5 Å². The lowest BCUT2D eigenvalue weighted by molar-refractivity contribution is -0.255. The van der Waals surface area contributed by atoms with Gasteiger partial charge in [0.05, 0.1) is 12.2 Å². The average Bonchev–Trinajstić information content (AvgIpc) is 3.21. The zero-order chi connectivity index (χ0) is 20.8. The van der Waals surface area contributed by atoms with E-state index in [1.165, 1.54) is 36.6 Å². The lowest BCUT2D eigenvalue weighted by Gasteiger charge is -2.11. The van der Waals surface area contributed by atoms with Crippen LogP contribution in [0, 0.1) is 0 Å². The molecule has 2 amide bonds. The lowest BCUT2D eigenvalue weighted by atomic mass is 10.2. The number of nitrogens with one attached hydrogen (secondary N) is 2. The third-order valence-electron chi connectivity index (χ3n) is 3.81. The SMILES string of the molecule is O=C(Nc1ccc(C(=O)[O-])cc1)/C(=C/c1ccco1)NC(=O)c1ccc(Br)cc1. The number of carboxylic acids is 1. The molecule has 29 heavy (non-hydrogen) atoms. The van der Waals surface area contributed by atoms with E-state index in [1.807, 2.05) is 0 Å². The Bertz CT molecular complexity index is 1060. The molecular weight excluding hydrogens is 440 g/mol. The number of rotatable bonds is 6. The summed E-state index contributed by atoms with van der Waals surface area (Å²) in [7, 11) is 0. The first kappa shape index (κ1) is 20.1. The molecule has 2 N–H and O–H groups in total. The van der Waals surface area contributed by atoms with E-state index in [1.54, 1.807) is 36.4 Å². The number of halogens is 1. The maximum atomic E-state index is 12.7. The number of amides is 2. The molecule has 0 aliphatic carbocycles. The summed E-state index contributed by atoms with van der Waals surface area (Å²) < 4.78 is 6.04. The minimum atomic E-state index is -1.32. The van der Waals surface area contributed by atoms with Crippen molar-refractivity contribution >= 4 is 45.5 Å². The van der Waals surface area contributed by atoms with Crippen molar-refractivity contribution in [3.8, 4) is 0 Å². The number of aromatic carboxylic acids is 1. The second-order valence-electron chi connectivity index (χ2n) is 5.85. The summed E-state index contributed by atoms with van der Waals surface area (Å²) in [5, 5.41) is 16.0. The van der Waals surface area contributed by atoms with Gasteiger partial charge in [-0.15, -0.1) is 0 Å². The Hall–Kier alpha value is -3.65. The van der Waals surface area contributed by atoms with Crippen LogP contribution in [0.15, 0.2) is 81.5 Å². The molecule has 3 aromatic rings. The summed E-state index contributed by atoms with van der Waals surface area (Å²) in [5.74, 6) is -2.02. The normalized spacial score (nSPS) is 11.0. The number of benzene rings is 2. The van der Waals surface area contributed by atoms with E-state index in [4.69, 9.17) is 4.42 Å². The third-order valence-corrected chi connectivity index (χ3v) is 4.34. The van der Waals surface area contributed by atoms with E-state index < -0.39 is 17.8 Å². The second-order valence-corrected chi connectivity index (χ2v) is 6.77. The lowest BCUT2D eigenvalue weighted by Crippen LogP contribution is -2.30. The van der Waals surface area contributed by atoms with Gasteiger partial charge < -0.3 is 25.0 Å². The molecule has 0 saturated heterocycles. The number of anilines is 1. The Morgan fingerprint density at radius 2 is 1.59 bits per heavy atom. The van der Waals surface area contributed by atoms with Gasteiger partial charge in [0, 0.05) is 21.8 Å². The quantitative estimate of drug-likeness (QED) is 0.557. The largest absolute Gasteiger partial charge is 0.545 e. The zero-order valence-electron chi connectivity index (χ0n) is 14.8. The number of carbonyl (C=O) groups is 3. The van der Waals surface area contributed by atoms with Crippen LogP contribution in [0.2, 0.25) is 0 Å². The fourth-order valence-electron chi connectivity index (χ4n) is 2.36. The van der Waals surface area contributed by atoms with Gasteiger partial charge in [-0.25, -0.2) is 0 Å². The molecule has 0 radical (unpaired) electrons. The monoisotopic (exact) mass is 453 g/mol. The molecule has 146 valence electrons. The fourth-order valence-corrected chi connectivity index (χ4v) is 2.62. The first-order valence-corrected chi connectivity index (χ1v) is 9.16. The van der Waals surface area contributed by atoms with Crippen molar-refractivity contribution in [1.29, 1.82) is 0 Å². The van der Waals surface area contributed by atoms with Gasteiger partial charge >= 0.3 is 0 Å². The predicted molar refractivity (Wildman–Crippen MR) is 108 cm³/mol. The van der Waals surface area contributed by atoms with E-state index in [2.05, 4.69) is 26.6 Å². The summed E-state index contributed by atoms with van der Waals surface area (Å²) in [6.07, 6.45) is 2.83. The Labute approximate surface area is 174 Å². The maximum absolute atomic E-state index is 12.7. The highest BCUT2D eigenvalue weighted by Crippen LogP contribution is 2.14. The van der Waals surface area contributed by atoms with Crippen LogP contribution >= 0.6 is 15.9 Å². The average molecular weight is 454 g/mol. The van der Waals surface area contributed by atoms with Gasteiger partial charge in [-0.1, -0.05) is 28.1 Å². The minimum absolute atomic E-state index is 0.0158. The van der Waals surface area contributed by atoms with E-state index in [0.717, 1.165) is 4.47 Å². The molecule has 0 spiro atoms. The van der Waals surface area contributed by atoms with Crippen molar-refractivity contribution in [2.45, 2.75) is 0 Å². The third kappa shape index (κ3) is 5.43. The van der Waals surface area contributed by atoms with E-state index >= 15 is 0 Å². The second kappa shape index (κ2) is 9.03. The van der Waals surface area contributed by atoms with Crippen molar-refractivity contribution in [2.24, 2.45) is 0 Å². The number of hydrogen-bond acceptors (Lipinski definition) is 5. The van der Waals surface area contributed by atoms with E-state index in [-0.39, 0.29) is 11.3 Å². The Morgan fingerprint density at radius 1 is 0.931 bits per heavy atom. The van der Waals surface area contributed by atoms with Crippen LogP contribution < -0.4 is 15.7 Å². The highest BCUT2D eigenvalue weighted by atomic mass is 79.9. The summed E-state index contributed by atoms with van der Waals surface area (Å²) in [6.45, 7) is 0.